The van der Waals surface area contributed by atoms with E-state index in [9.17, 15) is 4.79 Å². The maximum Gasteiger partial charge on any atom is 0.187 e. The lowest BCUT2D eigenvalue weighted by Gasteiger charge is -2.08. The average molecular weight is 160 g/mol. The summed E-state index contributed by atoms with van der Waals surface area (Å²) in [6, 6.07) is 0. The molecule has 0 aromatic heterocycles. The highest BCUT2D eigenvalue weighted by molar-refractivity contribution is 6.00. The first kappa shape index (κ1) is 7.03. The van der Waals surface area contributed by atoms with Crippen LogP contribution in [0.1, 0.15) is 6.42 Å². The molecule has 2 rings (SSSR count). The zero-order chi connectivity index (χ0) is 8.39. The van der Waals surface area contributed by atoms with Crippen molar-refractivity contribution in [1.29, 1.82) is 0 Å². The van der Waals surface area contributed by atoms with Crippen LogP contribution in [0.3, 0.4) is 0 Å². The Morgan fingerprint density at radius 3 is 3.33 bits per heavy atom. The van der Waals surface area contributed by atoms with Crippen molar-refractivity contribution in [2.45, 2.75) is 6.42 Å². The number of rotatable bonds is 0. The molecule has 0 radical (unpaired) electrons. The van der Waals surface area contributed by atoms with Crippen molar-refractivity contribution in [3.05, 3.63) is 35.8 Å². The summed E-state index contributed by atoms with van der Waals surface area (Å²) in [4.78, 5) is 15.3. The molecule has 2 aliphatic rings. The lowest BCUT2D eigenvalue weighted by molar-refractivity contribution is -0.115. The number of aliphatic imine (C=N–C) groups is 1. The summed E-state index contributed by atoms with van der Waals surface area (Å²) < 4.78 is 0. The van der Waals surface area contributed by atoms with Crippen molar-refractivity contribution < 1.29 is 4.79 Å². The Kier molecular flexibility index (Phi) is 1.63. The van der Waals surface area contributed by atoms with Crippen molar-refractivity contribution in [2.75, 3.05) is 0 Å². The van der Waals surface area contributed by atoms with Crippen LogP contribution in [-0.4, -0.2) is 12.0 Å². The number of nitrogens with zero attached hydrogens (tertiary/aromatic N) is 1. The maximum atomic E-state index is 11.3. The number of Topliss-reactive ketones (excluding diaryl/α,β-unsaturated/α-hetero) is 1. The molecule has 0 aromatic rings. The fraction of sp³-hybridized carbons (Fsp3) is 0.111. The molecular formula is C9H8N2O. The van der Waals surface area contributed by atoms with Crippen LogP contribution in [-0.2, 0) is 4.79 Å². The minimum Gasteiger partial charge on any atom is -0.360 e. The molecule has 3 nitrogen and oxygen atoms in total. The van der Waals surface area contributed by atoms with E-state index in [4.69, 9.17) is 0 Å². The molecule has 0 amide bonds. The van der Waals surface area contributed by atoms with Gasteiger partial charge in [0.25, 0.3) is 0 Å². The zero-order valence-corrected chi connectivity index (χ0v) is 6.45. The first-order chi connectivity index (χ1) is 5.88. The van der Waals surface area contributed by atoms with Gasteiger partial charge >= 0.3 is 0 Å². The predicted molar refractivity (Wildman–Crippen MR) is 46.6 cm³/mol. The normalized spacial score (nSPS) is 20.5. The second-order valence-electron chi connectivity index (χ2n) is 2.57. The van der Waals surface area contributed by atoms with Crippen molar-refractivity contribution in [1.82, 2.24) is 5.32 Å². The number of ketones is 1. The highest BCUT2D eigenvalue weighted by atomic mass is 16.1. The Balaban J connectivity index is 2.45. The number of hydrogen-bond donors (Lipinski definition) is 1. The van der Waals surface area contributed by atoms with E-state index >= 15 is 0 Å². The van der Waals surface area contributed by atoms with E-state index in [2.05, 4.69) is 10.3 Å². The monoisotopic (exact) mass is 160 g/mol. The van der Waals surface area contributed by atoms with E-state index in [1.165, 1.54) is 0 Å². The van der Waals surface area contributed by atoms with Gasteiger partial charge in [-0.25, -0.2) is 0 Å². The molecule has 60 valence electrons. The van der Waals surface area contributed by atoms with Crippen LogP contribution < -0.4 is 5.32 Å². The van der Waals surface area contributed by atoms with Crippen LogP contribution in [0.5, 0.6) is 0 Å². The Morgan fingerprint density at radius 1 is 1.50 bits per heavy atom. The SMILES string of the molecule is O=C1CC=CC2=C1N=CC=CN2. The molecule has 3 heteroatoms. The molecule has 1 aliphatic heterocycles. The van der Waals surface area contributed by atoms with Gasteiger partial charge < -0.3 is 5.32 Å². The molecule has 0 atom stereocenters. The van der Waals surface area contributed by atoms with Gasteiger partial charge in [-0.1, -0.05) is 6.08 Å². The van der Waals surface area contributed by atoms with Gasteiger partial charge in [-0.3, -0.25) is 9.79 Å². The van der Waals surface area contributed by atoms with Gasteiger partial charge in [0.05, 0.1) is 5.70 Å². The summed E-state index contributed by atoms with van der Waals surface area (Å²) in [5.74, 6) is 0.0694. The van der Waals surface area contributed by atoms with E-state index < -0.39 is 0 Å². The van der Waals surface area contributed by atoms with Crippen molar-refractivity contribution in [3.8, 4) is 0 Å². The second-order valence-corrected chi connectivity index (χ2v) is 2.57. The molecule has 1 aliphatic carbocycles. The van der Waals surface area contributed by atoms with Gasteiger partial charge in [-0.15, -0.1) is 0 Å². The lowest BCUT2D eigenvalue weighted by Crippen LogP contribution is -2.13. The third-order valence-corrected chi connectivity index (χ3v) is 1.73. The summed E-state index contributed by atoms with van der Waals surface area (Å²) >= 11 is 0. The third kappa shape index (κ3) is 1.09. The molecule has 0 unspecified atom stereocenters. The van der Waals surface area contributed by atoms with Gasteiger partial charge in [0, 0.05) is 18.8 Å². The Hall–Kier alpha value is -1.64. The number of nitrogens with one attached hydrogen (secondary N) is 1. The van der Waals surface area contributed by atoms with E-state index in [-0.39, 0.29) is 5.78 Å². The third-order valence-electron chi connectivity index (χ3n) is 1.73. The lowest BCUT2D eigenvalue weighted by atomic mass is 10.1. The van der Waals surface area contributed by atoms with Gasteiger partial charge in [0.15, 0.2) is 5.78 Å². The van der Waals surface area contributed by atoms with E-state index in [1.54, 1.807) is 18.5 Å². The number of allylic oxidation sites excluding steroid dienone is 4. The fourth-order valence-electron chi connectivity index (χ4n) is 1.17. The number of carbonyl (C=O) groups excluding carboxylic acids is 1. The van der Waals surface area contributed by atoms with Gasteiger partial charge in [-0.05, 0) is 12.2 Å². The highest BCUT2D eigenvalue weighted by Crippen LogP contribution is 2.15. The Labute approximate surface area is 70.2 Å². The van der Waals surface area contributed by atoms with Gasteiger partial charge in [0.2, 0.25) is 0 Å². The standard InChI is InChI=1S/C9H8N2O/c12-8-4-1-3-7-9(8)11-6-2-5-10-7/h1-3,5-6,10H,4H2. The fourth-order valence-corrected chi connectivity index (χ4v) is 1.17. The second kappa shape index (κ2) is 2.77. The molecule has 1 N–H and O–H groups in total. The van der Waals surface area contributed by atoms with Gasteiger partial charge in [-0.2, -0.15) is 0 Å². The molecule has 0 bridgehead atoms. The predicted octanol–water partition coefficient (Wildman–Crippen LogP) is 0.915. The molecule has 0 saturated heterocycles. The van der Waals surface area contributed by atoms with E-state index in [0.29, 0.717) is 12.1 Å². The van der Waals surface area contributed by atoms with Gasteiger partial charge in [0.1, 0.15) is 5.70 Å². The maximum absolute atomic E-state index is 11.3. The smallest absolute Gasteiger partial charge is 0.187 e. The first-order valence-electron chi connectivity index (χ1n) is 3.78. The molecule has 1 heterocycles. The van der Waals surface area contributed by atoms with Crippen molar-refractivity contribution in [2.24, 2.45) is 4.99 Å². The summed E-state index contributed by atoms with van der Waals surface area (Å²) in [7, 11) is 0. The molecule has 12 heavy (non-hydrogen) atoms. The van der Waals surface area contributed by atoms with E-state index in [1.807, 2.05) is 12.2 Å². The van der Waals surface area contributed by atoms with Crippen molar-refractivity contribution >= 4 is 12.0 Å². The van der Waals surface area contributed by atoms with Crippen LogP contribution in [0.4, 0.5) is 0 Å². The zero-order valence-electron chi connectivity index (χ0n) is 6.45. The number of carbonyl (C=O) groups is 1. The van der Waals surface area contributed by atoms with Crippen LogP contribution >= 0.6 is 0 Å². The molecule has 0 fully saturated rings. The minimum absolute atomic E-state index is 0.0694. The van der Waals surface area contributed by atoms with Crippen LogP contribution in [0.15, 0.2) is 40.8 Å². The van der Waals surface area contributed by atoms with E-state index in [0.717, 1.165) is 5.70 Å². The number of hydrogen-bond acceptors (Lipinski definition) is 3. The summed E-state index contributed by atoms with van der Waals surface area (Å²) in [6.45, 7) is 0. The van der Waals surface area contributed by atoms with Crippen molar-refractivity contribution in [3.63, 3.8) is 0 Å². The van der Waals surface area contributed by atoms with Crippen LogP contribution in [0.25, 0.3) is 0 Å². The van der Waals surface area contributed by atoms with Crippen LogP contribution in [0, 0.1) is 0 Å². The molecule has 0 aromatic carbocycles. The molecule has 0 saturated carbocycles. The quantitative estimate of drug-likeness (QED) is 0.572. The largest absolute Gasteiger partial charge is 0.360 e. The highest BCUT2D eigenvalue weighted by Gasteiger charge is 2.15. The Bertz CT molecular complexity index is 334. The summed E-state index contributed by atoms with van der Waals surface area (Å²) in [5.41, 5.74) is 1.32. The average Bonchev–Trinajstić information content (AvgIpc) is 2.30. The van der Waals surface area contributed by atoms with Crippen LogP contribution in [0.2, 0.25) is 0 Å². The molecular weight excluding hydrogens is 152 g/mol. The first-order valence-corrected chi connectivity index (χ1v) is 3.78. The summed E-state index contributed by atoms with van der Waals surface area (Å²) in [5, 5.41) is 2.98. The summed E-state index contributed by atoms with van der Waals surface area (Å²) in [6.07, 6.45) is 9.31. The Morgan fingerprint density at radius 2 is 2.42 bits per heavy atom. The topological polar surface area (TPSA) is 41.5 Å². The molecule has 0 spiro atoms. The minimum atomic E-state index is 0.0694.